The van der Waals surface area contributed by atoms with Gasteiger partial charge < -0.3 is 25.0 Å². The van der Waals surface area contributed by atoms with Crippen LogP contribution in [0.2, 0.25) is 0 Å². The fourth-order valence-electron chi connectivity index (χ4n) is 3.93. The zero-order valence-corrected chi connectivity index (χ0v) is 20.9. The van der Waals surface area contributed by atoms with Crippen molar-refractivity contribution in [2.24, 2.45) is 11.8 Å². The zero-order valence-electron chi connectivity index (χ0n) is 20.9. The van der Waals surface area contributed by atoms with Crippen molar-refractivity contribution >= 4 is 17.9 Å². The maximum absolute atomic E-state index is 13.1. The van der Waals surface area contributed by atoms with Gasteiger partial charge in [-0.15, -0.1) is 0 Å². The number of amides is 3. The summed E-state index contributed by atoms with van der Waals surface area (Å²) in [5.41, 5.74) is -0.166. The Morgan fingerprint density at radius 1 is 1.09 bits per heavy atom. The fraction of sp³-hybridized carbons (Fsp3) is 0.640. The first-order valence-electron chi connectivity index (χ1n) is 11.6. The number of rotatable bonds is 7. The van der Waals surface area contributed by atoms with E-state index in [2.05, 4.69) is 10.6 Å². The van der Waals surface area contributed by atoms with Crippen LogP contribution in [0.4, 0.5) is 4.79 Å². The Morgan fingerprint density at radius 2 is 1.76 bits per heavy atom. The van der Waals surface area contributed by atoms with Crippen molar-refractivity contribution in [1.82, 2.24) is 15.5 Å². The van der Waals surface area contributed by atoms with Crippen molar-refractivity contribution in [3.63, 3.8) is 0 Å². The van der Waals surface area contributed by atoms with Crippen LogP contribution in [0, 0.1) is 11.8 Å². The molecule has 8 heteroatoms. The molecule has 3 amide bonds. The molecule has 0 saturated carbocycles. The maximum atomic E-state index is 13.1. The molecule has 0 bridgehead atoms. The molecule has 1 aliphatic heterocycles. The van der Waals surface area contributed by atoms with E-state index in [1.165, 1.54) is 7.11 Å². The van der Waals surface area contributed by atoms with E-state index in [9.17, 15) is 14.4 Å². The van der Waals surface area contributed by atoms with Gasteiger partial charge >= 0.3 is 6.09 Å². The molecule has 0 radical (unpaired) electrons. The maximum Gasteiger partial charge on any atom is 0.410 e. The Hall–Kier alpha value is -2.77. The highest BCUT2D eigenvalue weighted by atomic mass is 16.6. The largest absolute Gasteiger partial charge is 0.496 e. The van der Waals surface area contributed by atoms with Crippen molar-refractivity contribution in [3.05, 3.63) is 29.8 Å². The summed E-state index contributed by atoms with van der Waals surface area (Å²) in [5, 5.41) is 5.91. The molecule has 1 heterocycles. The minimum Gasteiger partial charge on any atom is -0.496 e. The summed E-state index contributed by atoms with van der Waals surface area (Å²) in [6.07, 6.45) is 1.43. The van der Waals surface area contributed by atoms with Crippen LogP contribution in [0.25, 0.3) is 0 Å². The normalized spacial score (nSPS) is 18.3. The second-order valence-electron chi connectivity index (χ2n) is 10.0. The van der Waals surface area contributed by atoms with Crippen molar-refractivity contribution in [3.8, 4) is 5.75 Å². The summed E-state index contributed by atoms with van der Waals surface area (Å²) in [5.74, 6) is -0.151. The van der Waals surface area contributed by atoms with E-state index < -0.39 is 11.6 Å². The molecule has 0 aliphatic carbocycles. The van der Waals surface area contributed by atoms with Crippen molar-refractivity contribution < 1.29 is 23.9 Å². The van der Waals surface area contributed by atoms with Crippen LogP contribution in [-0.4, -0.2) is 60.7 Å². The molecule has 184 valence electrons. The molecule has 0 aromatic heterocycles. The van der Waals surface area contributed by atoms with Gasteiger partial charge in [0.05, 0.1) is 12.7 Å². The molecule has 2 rings (SSSR count). The first-order chi connectivity index (χ1) is 15.4. The number of carbonyl (C=O) groups excluding carboxylic acids is 3. The number of likely N-dealkylation sites (tertiary alicyclic amines) is 1. The number of carbonyl (C=O) groups is 3. The van der Waals surface area contributed by atoms with Crippen molar-refractivity contribution in [2.45, 2.75) is 72.1 Å². The average Bonchev–Trinajstić information content (AvgIpc) is 2.75. The van der Waals surface area contributed by atoms with Crippen LogP contribution in [0.3, 0.4) is 0 Å². The van der Waals surface area contributed by atoms with Gasteiger partial charge in [0.25, 0.3) is 5.91 Å². The molecule has 3 atom stereocenters. The Kier molecular flexibility index (Phi) is 9.14. The smallest absolute Gasteiger partial charge is 0.410 e. The molecule has 0 spiro atoms. The lowest BCUT2D eigenvalue weighted by Crippen LogP contribution is -2.54. The predicted octanol–water partition coefficient (Wildman–Crippen LogP) is 3.60. The SMILES string of the molecule is COc1ccccc1C(=O)NC(C(=O)NC(C)C1CCCN(C(=O)OC(C)(C)C)C1)C(C)C. The number of para-hydroxylation sites is 1. The average molecular weight is 462 g/mol. The van der Waals surface area contributed by atoms with Gasteiger partial charge in [-0.3, -0.25) is 9.59 Å². The molecule has 8 nitrogen and oxygen atoms in total. The van der Waals surface area contributed by atoms with E-state index in [1.807, 2.05) is 41.5 Å². The van der Waals surface area contributed by atoms with Gasteiger partial charge in [-0.05, 0) is 64.5 Å². The molecule has 2 N–H and O–H groups in total. The number of hydrogen-bond donors (Lipinski definition) is 2. The Balaban J connectivity index is 2.01. The minimum absolute atomic E-state index is 0.105. The lowest BCUT2D eigenvalue weighted by molar-refractivity contribution is -0.125. The van der Waals surface area contributed by atoms with Gasteiger partial charge in [0.1, 0.15) is 17.4 Å². The van der Waals surface area contributed by atoms with Crippen LogP contribution in [0.5, 0.6) is 5.75 Å². The Labute approximate surface area is 197 Å². The molecule has 1 aliphatic rings. The van der Waals surface area contributed by atoms with Crippen LogP contribution in [0.1, 0.15) is 64.7 Å². The van der Waals surface area contributed by atoms with E-state index in [0.29, 0.717) is 24.4 Å². The highest BCUT2D eigenvalue weighted by Crippen LogP contribution is 2.22. The zero-order chi connectivity index (χ0) is 24.8. The lowest BCUT2D eigenvalue weighted by atomic mass is 9.91. The third-order valence-electron chi connectivity index (χ3n) is 5.77. The van der Waals surface area contributed by atoms with Crippen LogP contribution in [-0.2, 0) is 9.53 Å². The Bertz CT molecular complexity index is 834. The van der Waals surface area contributed by atoms with Gasteiger partial charge in [-0.1, -0.05) is 26.0 Å². The molecule has 1 saturated heterocycles. The highest BCUT2D eigenvalue weighted by Gasteiger charge is 2.33. The van der Waals surface area contributed by atoms with E-state index in [-0.39, 0.29) is 35.8 Å². The van der Waals surface area contributed by atoms with Crippen LogP contribution >= 0.6 is 0 Å². The van der Waals surface area contributed by atoms with Gasteiger partial charge in [-0.25, -0.2) is 4.79 Å². The van der Waals surface area contributed by atoms with Crippen LogP contribution in [0.15, 0.2) is 24.3 Å². The van der Waals surface area contributed by atoms with E-state index in [1.54, 1.807) is 29.2 Å². The topological polar surface area (TPSA) is 97.0 Å². The van der Waals surface area contributed by atoms with Gasteiger partial charge in [-0.2, -0.15) is 0 Å². The summed E-state index contributed by atoms with van der Waals surface area (Å²) in [6, 6.07) is 6.06. The molecule has 1 fully saturated rings. The first-order valence-corrected chi connectivity index (χ1v) is 11.6. The van der Waals surface area contributed by atoms with E-state index >= 15 is 0 Å². The number of hydrogen-bond acceptors (Lipinski definition) is 5. The Morgan fingerprint density at radius 3 is 2.36 bits per heavy atom. The fourth-order valence-corrected chi connectivity index (χ4v) is 3.93. The quantitative estimate of drug-likeness (QED) is 0.647. The monoisotopic (exact) mass is 461 g/mol. The van der Waals surface area contributed by atoms with Gasteiger partial charge in [0.15, 0.2) is 0 Å². The number of nitrogens with one attached hydrogen (secondary N) is 2. The molecule has 1 aromatic rings. The summed E-state index contributed by atoms with van der Waals surface area (Å²) in [4.78, 5) is 40.1. The van der Waals surface area contributed by atoms with Crippen molar-refractivity contribution in [2.75, 3.05) is 20.2 Å². The number of nitrogens with zero attached hydrogens (tertiary/aromatic N) is 1. The number of ether oxygens (including phenoxy) is 2. The highest BCUT2D eigenvalue weighted by molar-refractivity contribution is 5.99. The van der Waals surface area contributed by atoms with Crippen LogP contribution < -0.4 is 15.4 Å². The number of methoxy groups -OCH3 is 1. The first kappa shape index (κ1) is 26.5. The summed E-state index contributed by atoms with van der Waals surface area (Å²) < 4.78 is 10.8. The number of piperidine rings is 1. The third kappa shape index (κ3) is 7.65. The second kappa shape index (κ2) is 11.4. The van der Waals surface area contributed by atoms with Gasteiger partial charge in [0.2, 0.25) is 5.91 Å². The van der Waals surface area contributed by atoms with Crippen molar-refractivity contribution in [1.29, 1.82) is 0 Å². The van der Waals surface area contributed by atoms with Gasteiger partial charge in [0, 0.05) is 19.1 Å². The summed E-state index contributed by atoms with van der Waals surface area (Å²) >= 11 is 0. The summed E-state index contributed by atoms with van der Waals surface area (Å²) in [6.45, 7) is 12.4. The number of benzene rings is 1. The standard InChI is InChI=1S/C25H39N3O5/c1-16(2)21(27-22(29)19-12-8-9-13-20(19)32-7)23(30)26-17(3)18-11-10-14-28(15-18)24(31)33-25(4,5)6/h8-9,12-13,16-18,21H,10-11,14-15H2,1-7H3,(H,26,30)(H,27,29). The molecule has 1 aromatic carbocycles. The third-order valence-corrected chi connectivity index (χ3v) is 5.77. The minimum atomic E-state index is -0.699. The molecular formula is C25H39N3O5. The molecule has 3 unspecified atom stereocenters. The van der Waals surface area contributed by atoms with E-state index in [0.717, 1.165) is 12.8 Å². The van der Waals surface area contributed by atoms with E-state index in [4.69, 9.17) is 9.47 Å². The molecule has 33 heavy (non-hydrogen) atoms. The predicted molar refractivity (Wildman–Crippen MR) is 127 cm³/mol. The molecular weight excluding hydrogens is 422 g/mol. The summed E-state index contributed by atoms with van der Waals surface area (Å²) in [7, 11) is 1.51. The second-order valence-corrected chi connectivity index (χ2v) is 10.0. The lowest BCUT2D eigenvalue weighted by Gasteiger charge is -2.37.